The van der Waals surface area contributed by atoms with Gasteiger partial charge in [0.15, 0.2) is 6.61 Å². The molecule has 7 nitrogen and oxygen atoms in total. The number of anilines is 1. The first-order chi connectivity index (χ1) is 16.4. The average Bonchev–Trinajstić information content (AvgIpc) is 3.06. The molecule has 7 heteroatoms. The molecular weight excluding hydrogens is 432 g/mol. The molecule has 1 heterocycles. The van der Waals surface area contributed by atoms with Gasteiger partial charge in [-0.05, 0) is 75.4 Å². The Morgan fingerprint density at radius 1 is 0.941 bits per heavy atom. The van der Waals surface area contributed by atoms with Gasteiger partial charge in [0.05, 0.1) is 22.7 Å². The maximum atomic E-state index is 13.1. The third-order valence-electron chi connectivity index (χ3n) is 5.70. The van der Waals surface area contributed by atoms with Crippen molar-refractivity contribution in [1.82, 2.24) is 4.98 Å². The van der Waals surface area contributed by atoms with E-state index in [4.69, 9.17) is 14.5 Å². The smallest absolute Gasteiger partial charge is 0.339 e. The second-order valence-corrected chi connectivity index (χ2v) is 8.65. The molecule has 34 heavy (non-hydrogen) atoms. The highest BCUT2D eigenvalue weighted by Gasteiger charge is 2.23. The maximum absolute atomic E-state index is 13.1. The Labute approximate surface area is 198 Å². The van der Waals surface area contributed by atoms with Gasteiger partial charge in [0.25, 0.3) is 5.91 Å². The van der Waals surface area contributed by atoms with E-state index < -0.39 is 24.5 Å². The topological polar surface area (TPSA) is 94.6 Å². The van der Waals surface area contributed by atoms with Crippen molar-refractivity contribution in [3.63, 3.8) is 0 Å². The first-order valence-electron chi connectivity index (χ1n) is 11.6. The summed E-state index contributed by atoms with van der Waals surface area (Å²) in [5.74, 6) is -1.40. The zero-order valence-electron chi connectivity index (χ0n) is 19.4. The predicted molar refractivity (Wildman–Crippen MR) is 129 cm³/mol. The zero-order chi connectivity index (χ0) is 24.1. The summed E-state index contributed by atoms with van der Waals surface area (Å²) < 4.78 is 10.6. The summed E-state index contributed by atoms with van der Waals surface area (Å²) in [7, 11) is 0. The molecule has 1 aromatic heterocycles. The summed E-state index contributed by atoms with van der Waals surface area (Å²) in [5.41, 5.74) is 4.04. The lowest BCUT2D eigenvalue weighted by molar-refractivity contribution is -0.119. The summed E-state index contributed by atoms with van der Waals surface area (Å²) in [6.07, 6.45) is 4.53. The van der Waals surface area contributed by atoms with E-state index in [1.807, 2.05) is 24.3 Å². The molecule has 1 amide bonds. The summed E-state index contributed by atoms with van der Waals surface area (Å²) in [4.78, 5) is 42.3. The number of esters is 2. The third-order valence-corrected chi connectivity index (χ3v) is 5.70. The first-order valence-corrected chi connectivity index (χ1v) is 11.6. The number of nitrogens with zero attached hydrogens (tertiary/aromatic N) is 1. The lowest BCUT2D eigenvalue weighted by Crippen LogP contribution is -2.22. The quantitative estimate of drug-likeness (QED) is 0.417. The Balaban J connectivity index is 1.44. The van der Waals surface area contributed by atoms with Crippen LogP contribution in [0.2, 0.25) is 0 Å². The molecule has 1 aliphatic carbocycles. The fourth-order valence-electron chi connectivity index (χ4n) is 4.15. The molecule has 1 N–H and O–H groups in total. The van der Waals surface area contributed by atoms with E-state index in [0.29, 0.717) is 16.8 Å². The van der Waals surface area contributed by atoms with Crippen LogP contribution in [0.15, 0.2) is 48.5 Å². The van der Waals surface area contributed by atoms with Crippen molar-refractivity contribution in [1.29, 1.82) is 0 Å². The van der Waals surface area contributed by atoms with Gasteiger partial charge < -0.3 is 14.8 Å². The van der Waals surface area contributed by atoms with Crippen molar-refractivity contribution >= 4 is 34.4 Å². The minimum absolute atomic E-state index is 0.214. The van der Waals surface area contributed by atoms with Crippen LogP contribution < -0.4 is 5.32 Å². The summed E-state index contributed by atoms with van der Waals surface area (Å²) in [5, 5.41) is 3.43. The van der Waals surface area contributed by atoms with Gasteiger partial charge in [-0.1, -0.05) is 24.6 Å². The van der Waals surface area contributed by atoms with Gasteiger partial charge in [-0.15, -0.1) is 0 Å². The van der Waals surface area contributed by atoms with Gasteiger partial charge in [0.1, 0.15) is 0 Å². The second kappa shape index (κ2) is 10.5. The molecule has 3 aromatic rings. The number of aromatic nitrogens is 1. The summed E-state index contributed by atoms with van der Waals surface area (Å²) in [6, 6.07) is 13.9. The molecule has 0 bridgehead atoms. The van der Waals surface area contributed by atoms with Gasteiger partial charge in [-0.25, -0.2) is 9.59 Å². The van der Waals surface area contributed by atoms with Crippen LogP contribution in [0.3, 0.4) is 0 Å². The summed E-state index contributed by atoms with van der Waals surface area (Å²) in [6.45, 7) is 3.14. The molecule has 176 valence electrons. The van der Waals surface area contributed by atoms with Gasteiger partial charge in [-0.3, -0.25) is 9.78 Å². The summed E-state index contributed by atoms with van der Waals surface area (Å²) >= 11 is 0. The highest BCUT2D eigenvalue weighted by atomic mass is 16.5. The number of amides is 1. The minimum Gasteiger partial charge on any atom is -0.459 e. The molecule has 0 saturated carbocycles. The van der Waals surface area contributed by atoms with Crippen molar-refractivity contribution in [2.45, 2.75) is 52.1 Å². The molecule has 0 saturated heterocycles. The van der Waals surface area contributed by atoms with E-state index in [0.717, 1.165) is 54.3 Å². The Morgan fingerprint density at radius 3 is 2.44 bits per heavy atom. The largest absolute Gasteiger partial charge is 0.459 e. The lowest BCUT2D eigenvalue weighted by atomic mass is 9.97. The minimum atomic E-state index is -0.515. The van der Waals surface area contributed by atoms with E-state index in [9.17, 15) is 14.4 Å². The van der Waals surface area contributed by atoms with Crippen LogP contribution in [-0.4, -0.2) is 35.5 Å². The van der Waals surface area contributed by atoms with E-state index in [2.05, 4.69) is 5.32 Å². The number of hydrogen-bond donors (Lipinski definition) is 1. The Bertz CT molecular complexity index is 1220. The normalized spacial score (nSPS) is 13.1. The standard InChI is InChI=1S/C27H28N2O5/c1-17(2)34-26(31)18-12-14-19(15-13-18)28-24(30)16-33-27(32)25-20-8-4-3-5-10-22(20)29-23-11-7-6-9-21(23)25/h6-7,9,11-15,17H,3-5,8,10,16H2,1-2H3,(H,28,30). The number of para-hydroxylation sites is 1. The highest BCUT2D eigenvalue weighted by Crippen LogP contribution is 2.29. The fraction of sp³-hybridized carbons (Fsp3) is 0.333. The van der Waals surface area contributed by atoms with Crippen molar-refractivity contribution in [2.24, 2.45) is 0 Å². The van der Waals surface area contributed by atoms with Crippen molar-refractivity contribution in [2.75, 3.05) is 11.9 Å². The SMILES string of the molecule is CC(C)OC(=O)c1ccc(NC(=O)COC(=O)c2c3c(nc4ccccc24)CCCCC3)cc1. The van der Waals surface area contributed by atoms with Crippen molar-refractivity contribution in [3.05, 3.63) is 70.9 Å². The third kappa shape index (κ3) is 5.42. The van der Waals surface area contributed by atoms with Crippen molar-refractivity contribution < 1.29 is 23.9 Å². The predicted octanol–water partition coefficient (Wildman–Crippen LogP) is 4.86. The molecule has 0 radical (unpaired) electrons. The number of hydrogen-bond acceptors (Lipinski definition) is 6. The molecule has 1 aliphatic rings. The number of ether oxygens (including phenoxy) is 2. The molecule has 0 aliphatic heterocycles. The molecule has 0 spiro atoms. The van der Waals surface area contributed by atoms with Crippen LogP contribution in [0.5, 0.6) is 0 Å². The second-order valence-electron chi connectivity index (χ2n) is 8.65. The number of rotatable bonds is 6. The van der Waals surface area contributed by atoms with E-state index in [1.165, 1.54) is 0 Å². The van der Waals surface area contributed by atoms with Crippen LogP contribution in [0, 0.1) is 0 Å². The van der Waals surface area contributed by atoms with E-state index in [-0.39, 0.29) is 6.10 Å². The number of benzene rings is 2. The highest BCUT2D eigenvalue weighted by molar-refractivity contribution is 6.06. The molecule has 0 atom stereocenters. The molecule has 2 aromatic carbocycles. The number of fused-ring (bicyclic) bond motifs is 2. The van der Waals surface area contributed by atoms with Crippen LogP contribution in [0.4, 0.5) is 5.69 Å². The monoisotopic (exact) mass is 460 g/mol. The van der Waals surface area contributed by atoms with Crippen molar-refractivity contribution in [3.8, 4) is 0 Å². The van der Waals surface area contributed by atoms with Crippen LogP contribution in [0.25, 0.3) is 10.9 Å². The number of carbonyl (C=O) groups excluding carboxylic acids is 3. The number of pyridine rings is 1. The van der Waals surface area contributed by atoms with Gasteiger partial charge in [0.2, 0.25) is 0 Å². The molecule has 0 unspecified atom stereocenters. The zero-order valence-corrected chi connectivity index (χ0v) is 19.4. The molecule has 0 fully saturated rings. The Hall–Kier alpha value is -3.74. The Morgan fingerprint density at radius 2 is 1.68 bits per heavy atom. The molecular formula is C27H28N2O5. The van der Waals surface area contributed by atoms with Crippen LogP contribution >= 0.6 is 0 Å². The van der Waals surface area contributed by atoms with E-state index in [1.54, 1.807) is 38.1 Å². The van der Waals surface area contributed by atoms with Crippen LogP contribution in [0.1, 0.15) is 65.1 Å². The van der Waals surface area contributed by atoms with Gasteiger partial charge in [0, 0.05) is 16.8 Å². The number of aryl methyl sites for hydroxylation is 1. The number of nitrogens with one attached hydrogen (secondary N) is 1. The Kier molecular flexibility index (Phi) is 7.21. The van der Waals surface area contributed by atoms with Gasteiger partial charge in [-0.2, -0.15) is 0 Å². The average molecular weight is 461 g/mol. The maximum Gasteiger partial charge on any atom is 0.339 e. The van der Waals surface area contributed by atoms with E-state index >= 15 is 0 Å². The fourth-order valence-corrected chi connectivity index (χ4v) is 4.15. The van der Waals surface area contributed by atoms with Crippen LogP contribution in [-0.2, 0) is 27.1 Å². The number of carbonyl (C=O) groups is 3. The lowest BCUT2D eigenvalue weighted by Gasteiger charge is -2.15. The van der Waals surface area contributed by atoms with Gasteiger partial charge >= 0.3 is 11.9 Å². The first kappa shape index (κ1) is 23.4. The molecule has 4 rings (SSSR count).